The van der Waals surface area contributed by atoms with Crippen LogP contribution < -0.4 is 20.9 Å². The van der Waals surface area contributed by atoms with Gasteiger partial charge in [-0.15, -0.1) is 0 Å². The quantitative estimate of drug-likeness (QED) is 0.208. The monoisotopic (exact) mass is 420 g/mol. The number of amides is 2. The van der Waals surface area contributed by atoms with Crippen molar-refractivity contribution in [3.63, 3.8) is 0 Å². The van der Waals surface area contributed by atoms with Crippen LogP contribution >= 0.6 is 0 Å². The second-order valence-corrected chi connectivity index (χ2v) is 8.49. The number of ether oxygens (including phenoxy) is 1. The van der Waals surface area contributed by atoms with Gasteiger partial charge in [0, 0.05) is 20.1 Å². The maximum Gasteiger partial charge on any atom is 0.317 e. The summed E-state index contributed by atoms with van der Waals surface area (Å²) in [6.45, 7) is 5.23. The van der Waals surface area contributed by atoms with Crippen LogP contribution in [0.2, 0.25) is 0 Å². The normalized spacial score (nSPS) is 14.8. The predicted molar refractivity (Wildman–Crippen MR) is 116 cm³/mol. The van der Waals surface area contributed by atoms with Gasteiger partial charge in [-0.25, -0.2) is 10.2 Å². The number of aliphatic hydroxyl groups is 1. The van der Waals surface area contributed by atoms with E-state index in [1.807, 2.05) is 18.2 Å². The van der Waals surface area contributed by atoms with Crippen molar-refractivity contribution in [3.05, 3.63) is 29.8 Å². The van der Waals surface area contributed by atoms with E-state index in [1.165, 1.54) is 10.5 Å². The Bertz CT molecular complexity index is 686. The Labute approximate surface area is 179 Å². The highest BCUT2D eigenvalue weighted by Gasteiger charge is 2.44. The fourth-order valence-electron chi connectivity index (χ4n) is 3.20. The number of hydrogen-bond acceptors (Lipinski definition) is 6. The van der Waals surface area contributed by atoms with E-state index in [-0.39, 0.29) is 24.7 Å². The minimum Gasteiger partial charge on any atom is -0.491 e. The molecule has 0 radical (unpaired) electrons. The van der Waals surface area contributed by atoms with Gasteiger partial charge in [0.15, 0.2) is 0 Å². The number of hydrogen-bond donors (Lipinski definition) is 4. The molecule has 1 aromatic carbocycles. The first-order valence-electron chi connectivity index (χ1n) is 10.7. The van der Waals surface area contributed by atoms with E-state index in [9.17, 15) is 14.7 Å². The predicted octanol–water partition coefficient (Wildman–Crippen LogP) is 1.93. The minimum atomic E-state index is -0.863. The zero-order valence-corrected chi connectivity index (χ0v) is 18.4. The summed E-state index contributed by atoms with van der Waals surface area (Å²) in [7, 11) is 1.57. The van der Waals surface area contributed by atoms with Gasteiger partial charge < -0.3 is 24.9 Å². The second-order valence-electron chi connectivity index (χ2n) is 8.49. The van der Waals surface area contributed by atoms with Crippen LogP contribution in [-0.2, 0) is 10.3 Å². The molecular formula is C22H36N4O4. The molecule has 8 nitrogen and oxygen atoms in total. The Balaban J connectivity index is 1.69. The lowest BCUT2D eigenvalue weighted by Gasteiger charge is -2.21. The van der Waals surface area contributed by atoms with Gasteiger partial charge in [0.25, 0.3) is 0 Å². The van der Waals surface area contributed by atoms with E-state index in [0.717, 1.165) is 50.7 Å². The minimum absolute atomic E-state index is 0.0614. The number of rotatable bonds is 14. The number of aldehydes is 1. The first-order valence-corrected chi connectivity index (χ1v) is 10.7. The highest BCUT2D eigenvalue weighted by molar-refractivity contribution is 5.76. The third-order valence-electron chi connectivity index (χ3n) is 5.08. The summed E-state index contributed by atoms with van der Waals surface area (Å²) in [5.41, 5.74) is 7.04. The fourth-order valence-corrected chi connectivity index (χ4v) is 3.20. The summed E-state index contributed by atoms with van der Waals surface area (Å²) in [6, 6.07) is 7.80. The smallest absolute Gasteiger partial charge is 0.317 e. The number of benzene rings is 1. The molecule has 30 heavy (non-hydrogen) atoms. The summed E-state index contributed by atoms with van der Waals surface area (Å²) in [4.78, 5) is 23.8. The molecular weight excluding hydrogens is 384 g/mol. The second kappa shape index (κ2) is 11.3. The lowest BCUT2D eigenvalue weighted by Crippen LogP contribution is -2.41. The first-order chi connectivity index (χ1) is 14.3. The van der Waals surface area contributed by atoms with Gasteiger partial charge in [-0.05, 0) is 57.2 Å². The highest BCUT2D eigenvalue weighted by Crippen LogP contribution is 2.45. The van der Waals surface area contributed by atoms with E-state index >= 15 is 0 Å². The van der Waals surface area contributed by atoms with Crippen molar-refractivity contribution in [1.29, 1.82) is 0 Å². The maximum atomic E-state index is 11.6. The molecule has 2 rings (SSSR count). The Morgan fingerprint density at radius 2 is 2.07 bits per heavy atom. The standard InChI is InChI=1S/C22H36N4O4/c1-21(2,29)17-30-19-9-7-8-18(16-19)22(10-11-22)25-24-12-5-4-6-13-26(14-15-27)20(28)23-3/h7-9,15-16,24-25,29H,4-6,10-14,17H2,1-3H3,(H,23,28). The SMILES string of the molecule is CNC(=O)N(CC=O)CCCCCNNC1(c2cccc(OCC(C)(C)O)c2)CC1. The maximum absolute atomic E-state index is 11.6. The molecule has 1 aliphatic carbocycles. The molecule has 8 heteroatoms. The average Bonchev–Trinajstić information content (AvgIpc) is 3.51. The van der Waals surface area contributed by atoms with E-state index in [2.05, 4.69) is 22.2 Å². The van der Waals surface area contributed by atoms with Gasteiger partial charge >= 0.3 is 6.03 Å². The molecule has 0 bridgehead atoms. The molecule has 0 aliphatic heterocycles. The van der Waals surface area contributed by atoms with Gasteiger partial charge in [0.05, 0.1) is 17.7 Å². The van der Waals surface area contributed by atoms with Gasteiger partial charge in [-0.2, -0.15) is 0 Å². The summed E-state index contributed by atoms with van der Waals surface area (Å²) < 4.78 is 5.71. The van der Waals surface area contributed by atoms with E-state index in [0.29, 0.717) is 6.54 Å². The molecule has 1 fully saturated rings. The molecule has 168 valence electrons. The van der Waals surface area contributed by atoms with Crippen molar-refractivity contribution in [1.82, 2.24) is 21.1 Å². The number of carbonyl (C=O) groups excluding carboxylic acids is 2. The van der Waals surface area contributed by atoms with Gasteiger partial charge in [-0.1, -0.05) is 18.6 Å². The molecule has 1 saturated carbocycles. The molecule has 0 unspecified atom stereocenters. The van der Waals surface area contributed by atoms with Crippen molar-refractivity contribution in [2.45, 2.75) is 57.1 Å². The van der Waals surface area contributed by atoms with Crippen LogP contribution in [0.15, 0.2) is 24.3 Å². The van der Waals surface area contributed by atoms with Crippen LogP contribution in [0, 0.1) is 0 Å². The molecule has 4 N–H and O–H groups in total. The fraction of sp³-hybridized carbons (Fsp3) is 0.636. The first kappa shape index (κ1) is 24.1. The van der Waals surface area contributed by atoms with Gasteiger partial charge in [0.2, 0.25) is 0 Å². The lowest BCUT2D eigenvalue weighted by molar-refractivity contribution is -0.108. The van der Waals surface area contributed by atoms with Crippen molar-refractivity contribution < 1.29 is 19.4 Å². The molecule has 0 heterocycles. The Morgan fingerprint density at radius 1 is 1.30 bits per heavy atom. The van der Waals surface area contributed by atoms with Crippen LogP contribution in [0.5, 0.6) is 5.75 Å². The molecule has 0 saturated heterocycles. The Hall–Kier alpha value is -2.16. The molecule has 0 aromatic heterocycles. The third kappa shape index (κ3) is 7.93. The summed E-state index contributed by atoms with van der Waals surface area (Å²) in [5.74, 6) is 0.763. The van der Waals surface area contributed by atoms with Crippen LogP contribution in [0.3, 0.4) is 0 Å². The number of nitrogens with one attached hydrogen (secondary N) is 3. The zero-order valence-electron chi connectivity index (χ0n) is 18.4. The lowest BCUT2D eigenvalue weighted by atomic mass is 10.1. The van der Waals surface area contributed by atoms with Crippen LogP contribution in [-0.4, -0.2) is 61.2 Å². The summed E-state index contributed by atoms with van der Waals surface area (Å²) in [6.07, 6.45) is 5.66. The average molecular weight is 421 g/mol. The molecule has 1 aromatic rings. The third-order valence-corrected chi connectivity index (χ3v) is 5.08. The van der Waals surface area contributed by atoms with E-state index < -0.39 is 5.60 Å². The number of urea groups is 1. The molecule has 0 atom stereocenters. The summed E-state index contributed by atoms with van der Waals surface area (Å²) in [5, 5.41) is 12.4. The van der Waals surface area contributed by atoms with E-state index in [1.54, 1.807) is 20.9 Å². The topological polar surface area (TPSA) is 103 Å². The van der Waals surface area contributed by atoms with Crippen molar-refractivity contribution in [2.75, 3.05) is 33.3 Å². The number of hydrazine groups is 1. The van der Waals surface area contributed by atoms with E-state index in [4.69, 9.17) is 4.74 Å². The zero-order chi connectivity index (χ0) is 22.0. The number of nitrogens with zero attached hydrogens (tertiary/aromatic N) is 1. The Kier molecular flexibility index (Phi) is 9.08. The van der Waals surface area contributed by atoms with Crippen LogP contribution in [0.4, 0.5) is 4.79 Å². The van der Waals surface area contributed by atoms with Crippen molar-refractivity contribution >= 4 is 12.3 Å². The highest BCUT2D eigenvalue weighted by atomic mass is 16.5. The largest absolute Gasteiger partial charge is 0.491 e. The van der Waals surface area contributed by atoms with Crippen molar-refractivity contribution in [2.24, 2.45) is 0 Å². The summed E-state index contributed by atoms with van der Waals surface area (Å²) >= 11 is 0. The van der Waals surface area contributed by atoms with Crippen LogP contribution in [0.1, 0.15) is 51.5 Å². The molecule has 2 amide bonds. The number of carbonyl (C=O) groups is 2. The molecule has 1 aliphatic rings. The van der Waals surface area contributed by atoms with Gasteiger partial charge in [-0.3, -0.25) is 5.43 Å². The van der Waals surface area contributed by atoms with Crippen LogP contribution in [0.25, 0.3) is 0 Å². The van der Waals surface area contributed by atoms with Crippen molar-refractivity contribution in [3.8, 4) is 5.75 Å². The number of unbranched alkanes of at least 4 members (excludes halogenated alkanes) is 2. The Morgan fingerprint density at radius 3 is 2.70 bits per heavy atom. The van der Waals surface area contributed by atoms with Gasteiger partial charge in [0.1, 0.15) is 18.6 Å². The molecule has 0 spiro atoms.